The van der Waals surface area contributed by atoms with Crippen molar-refractivity contribution < 1.29 is 9.47 Å². The van der Waals surface area contributed by atoms with E-state index in [0.717, 1.165) is 30.6 Å². The molecule has 1 fully saturated rings. The molecule has 4 heteroatoms. The number of para-hydroxylation sites is 2. The van der Waals surface area contributed by atoms with Crippen LogP contribution in [-0.2, 0) is 9.47 Å². The number of ether oxygens (including phenoxy) is 2. The lowest BCUT2D eigenvalue weighted by Gasteiger charge is -2.49. The van der Waals surface area contributed by atoms with E-state index in [4.69, 9.17) is 9.47 Å². The predicted octanol–water partition coefficient (Wildman–Crippen LogP) is 5.92. The zero-order valence-electron chi connectivity index (χ0n) is 18.0. The fourth-order valence-corrected chi connectivity index (χ4v) is 4.81. The molecule has 1 heterocycles. The first-order valence-electron chi connectivity index (χ1n) is 11.0. The maximum Gasteiger partial charge on any atom is 0.154 e. The van der Waals surface area contributed by atoms with Gasteiger partial charge in [0.05, 0.1) is 12.6 Å². The van der Waals surface area contributed by atoms with Gasteiger partial charge in [-0.1, -0.05) is 56.2 Å². The van der Waals surface area contributed by atoms with Gasteiger partial charge in [0.2, 0.25) is 0 Å². The van der Waals surface area contributed by atoms with Gasteiger partial charge < -0.3 is 14.4 Å². The Labute approximate surface area is 180 Å². The van der Waals surface area contributed by atoms with Gasteiger partial charge in [0.1, 0.15) is 5.60 Å². The van der Waals surface area contributed by atoms with Crippen LogP contribution >= 0.6 is 0 Å². The fourth-order valence-electron chi connectivity index (χ4n) is 4.81. The molecule has 1 aliphatic carbocycles. The summed E-state index contributed by atoms with van der Waals surface area (Å²) in [5.41, 5.74) is 0.995. The third kappa shape index (κ3) is 3.94. The highest BCUT2D eigenvalue weighted by molar-refractivity contribution is 5.77. The Balaban J connectivity index is 1.79. The van der Waals surface area contributed by atoms with Crippen LogP contribution in [0.5, 0.6) is 0 Å². The van der Waals surface area contributed by atoms with E-state index in [9.17, 15) is 0 Å². The minimum Gasteiger partial charge on any atom is -0.371 e. The second kappa shape index (κ2) is 9.15. The molecule has 2 aromatic rings. The Hall–Kier alpha value is -2.43. The number of methoxy groups -OCH3 is 1. The van der Waals surface area contributed by atoms with Crippen molar-refractivity contribution in [3.8, 4) is 0 Å². The van der Waals surface area contributed by atoms with Crippen LogP contribution in [0, 0.1) is 0 Å². The molecule has 0 spiro atoms. The van der Waals surface area contributed by atoms with Crippen LogP contribution < -0.4 is 4.90 Å². The standard InChI is InChI=1S/C26H32N2O2/c1-3-25(29-2)18-19-27-20-26(25,30-24-16-10-11-17-24)21-28(22-12-6-4-7-13-22)23-14-8-5-9-15-23/h4-9,12-15,18-20,24H,3,10-11,16-17,21H2,1-2H3. The van der Waals surface area contributed by atoms with E-state index in [-0.39, 0.29) is 6.10 Å². The summed E-state index contributed by atoms with van der Waals surface area (Å²) < 4.78 is 13.1. The molecule has 0 amide bonds. The molecule has 1 aliphatic heterocycles. The monoisotopic (exact) mass is 404 g/mol. The summed E-state index contributed by atoms with van der Waals surface area (Å²) in [5, 5.41) is 0. The van der Waals surface area contributed by atoms with Gasteiger partial charge in [-0.2, -0.15) is 0 Å². The van der Waals surface area contributed by atoms with Crippen molar-refractivity contribution in [2.24, 2.45) is 4.99 Å². The van der Waals surface area contributed by atoms with E-state index in [2.05, 4.69) is 71.4 Å². The number of hydrogen-bond acceptors (Lipinski definition) is 4. The third-order valence-electron chi connectivity index (χ3n) is 6.53. The SMILES string of the molecule is CCC1(OC)C=CN=CC1(CN(c1ccccc1)c1ccccc1)OC1CCCC1. The zero-order chi connectivity index (χ0) is 20.9. The summed E-state index contributed by atoms with van der Waals surface area (Å²) >= 11 is 0. The Morgan fingerprint density at radius 2 is 1.53 bits per heavy atom. The van der Waals surface area contributed by atoms with Crippen LogP contribution in [0.15, 0.2) is 77.9 Å². The van der Waals surface area contributed by atoms with Crippen molar-refractivity contribution in [3.05, 3.63) is 72.9 Å². The normalized spacial score (nSPS) is 26.2. The van der Waals surface area contributed by atoms with Crippen LogP contribution in [0.25, 0.3) is 0 Å². The molecule has 4 rings (SSSR count). The minimum absolute atomic E-state index is 0.234. The molecule has 2 aliphatic rings. The van der Waals surface area contributed by atoms with Crippen LogP contribution in [0.2, 0.25) is 0 Å². The van der Waals surface area contributed by atoms with Gasteiger partial charge in [0.25, 0.3) is 0 Å². The summed E-state index contributed by atoms with van der Waals surface area (Å²) in [4.78, 5) is 6.89. The summed E-state index contributed by atoms with van der Waals surface area (Å²) in [5.74, 6) is 0. The van der Waals surface area contributed by atoms with Crippen LogP contribution in [0.3, 0.4) is 0 Å². The number of nitrogens with zero attached hydrogens (tertiary/aromatic N) is 2. The van der Waals surface area contributed by atoms with Gasteiger partial charge in [-0.15, -0.1) is 0 Å². The molecule has 0 radical (unpaired) electrons. The molecular formula is C26H32N2O2. The lowest BCUT2D eigenvalue weighted by Crippen LogP contribution is -2.64. The van der Waals surface area contributed by atoms with E-state index in [1.165, 1.54) is 12.8 Å². The number of anilines is 2. The van der Waals surface area contributed by atoms with E-state index in [1.54, 1.807) is 7.11 Å². The first-order valence-corrected chi connectivity index (χ1v) is 11.0. The largest absolute Gasteiger partial charge is 0.371 e. The Morgan fingerprint density at radius 1 is 0.933 bits per heavy atom. The highest BCUT2D eigenvalue weighted by atomic mass is 16.6. The molecule has 0 bridgehead atoms. The van der Waals surface area contributed by atoms with Gasteiger partial charge in [-0.25, -0.2) is 0 Å². The second-order valence-corrected chi connectivity index (χ2v) is 8.21. The lowest BCUT2D eigenvalue weighted by molar-refractivity contribution is -0.155. The quantitative estimate of drug-likeness (QED) is 0.548. The van der Waals surface area contributed by atoms with Gasteiger partial charge >= 0.3 is 0 Å². The van der Waals surface area contributed by atoms with Gasteiger partial charge in [0, 0.05) is 30.9 Å². The highest BCUT2D eigenvalue weighted by Crippen LogP contribution is 2.41. The first-order chi connectivity index (χ1) is 14.7. The van der Waals surface area contributed by atoms with Crippen molar-refractivity contribution in [3.63, 3.8) is 0 Å². The van der Waals surface area contributed by atoms with Crippen LogP contribution in [0.1, 0.15) is 39.0 Å². The van der Waals surface area contributed by atoms with Crippen molar-refractivity contribution in [2.45, 2.75) is 56.3 Å². The molecule has 158 valence electrons. The molecule has 30 heavy (non-hydrogen) atoms. The molecule has 0 N–H and O–H groups in total. The molecule has 4 nitrogen and oxygen atoms in total. The topological polar surface area (TPSA) is 34.1 Å². The first kappa shape index (κ1) is 20.8. The average molecular weight is 405 g/mol. The Kier molecular flexibility index (Phi) is 6.35. The molecular weight excluding hydrogens is 372 g/mol. The lowest BCUT2D eigenvalue weighted by atomic mass is 9.78. The van der Waals surface area contributed by atoms with E-state index < -0.39 is 11.2 Å². The maximum atomic E-state index is 6.94. The molecule has 0 saturated heterocycles. The predicted molar refractivity (Wildman–Crippen MR) is 124 cm³/mol. The summed E-state index contributed by atoms with van der Waals surface area (Å²) in [6.07, 6.45) is 11.6. The van der Waals surface area contributed by atoms with Gasteiger partial charge in [-0.05, 0) is 49.6 Å². The van der Waals surface area contributed by atoms with Crippen molar-refractivity contribution in [2.75, 3.05) is 18.6 Å². The van der Waals surface area contributed by atoms with Gasteiger partial charge in [0.15, 0.2) is 5.60 Å². The highest BCUT2D eigenvalue weighted by Gasteiger charge is 2.53. The summed E-state index contributed by atoms with van der Waals surface area (Å²) in [6, 6.07) is 21.0. The van der Waals surface area contributed by atoms with E-state index in [1.807, 2.05) is 24.5 Å². The summed E-state index contributed by atoms with van der Waals surface area (Å²) in [7, 11) is 1.79. The molecule has 1 saturated carbocycles. The molecule has 2 atom stereocenters. The number of benzene rings is 2. The summed E-state index contributed by atoms with van der Waals surface area (Å²) in [6.45, 7) is 2.78. The molecule has 2 aromatic carbocycles. The van der Waals surface area contributed by atoms with E-state index in [0.29, 0.717) is 6.54 Å². The third-order valence-corrected chi connectivity index (χ3v) is 6.53. The van der Waals surface area contributed by atoms with Crippen LogP contribution in [-0.4, -0.2) is 37.2 Å². The van der Waals surface area contributed by atoms with Crippen molar-refractivity contribution >= 4 is 17.6 Å². The number of hydrogen-bond donors (Lipinski definition) is 0. The fraction of sp³-hybridized carbons (Fsp3) is 0.423. The smallest absolute Gasteiger partial charge is 0.154 e. The molecule has 2 unspecified atom stereocenters. The van der Waals surface area contributed by atoms with E-state index >= 15 is 0 Å². The zero-order valence-corrected chi connectivity index (χ0v) is 18.0. The van der Waals surface area contributed by atoms with Crippen molar-refractivity contribution in [1.82, 2.24) is 0 Å². The number of rotatable bonds is 8. The van der Waals surface area contributed by atoms with Gasteiger partial charge in [-0.3, -0.25) is 4.99 Å². The Morgan fingerprint density at radius 3 is 2.07 bits per heavy atom. The minimum atomic E-state index is -0.689. The van der Waals surface area contributed by atoms with Crippen LogP contribution in [0.4, 0.5) is 11.4 Å². The second-order valence-electron chi connectivity index (χ2n) is 8.21. The average Bonchev–Trinajstić information content (AvgIpc) is 3.32. The number of aliphatic imine (C=N–C) groups is 1. The molecule has 0 aromatic heterocycles. The maximum absolute atomic E-state index is 6.94. The Bertz CT molecular complexity index is 816. The van der Waals surface area contributed by atoms with Crippen molar-refractivity contribution in [1.29, 1.82) is 0 Å².